The largest absolute Gasteiger partial charge is 0.443 e. The third-order valence-corrected chi connectivity index (χ3v) is 14.6. The Bertz CT molecular complexity index is 1230. The van der Waals surface area contributed by atoms with E-state index in [1.54, 1.807) is 4.90 Å². The van der Waals surface area contributed by atoms with Gasteiger partial charge in [0.1, 0.15) is 12.2 Å². The molecule has 1 amide bonds. The maximum Gasteiger partial charge on any atom is 0.410 e. The van der Waals surface area contributed by atoms with Gasteiger partial charge in [-0.05, 0) is 102 Å². The van der Waals surface area contributed by atoms with Gasteiger partial charge in [-0.2, -0.15) is 0 Å². The van der Waals surface area contributed by atoms with Gasteiger partial charge in [-0.1, -0.05) is 27.7 Å². The van der Waals surface area contributed by atoms with Gasteiger partial charge >= 0.3 is 6.09 Å². The topological polar surface area (TPSA) is 103 Å². The van der Waals surface area contributed by atoms with Gasteiger partial charge in [-0.15, -0.1) is 0 Å². The molecule has 8 aliphatic heterocycles. The summed E-state index contributed by atoms with van der Waals surface area (Å²) in [6, 6.07) is 0. The summed E-state index contributed by atoms with van der Waals surface area (Å²) in [5.41, 5.74) is -1.34. The van der Waals surface area contributed by atoms with Crippen LogP contribution in [0.2, 0.25) is 0 Å². The van der Waals surface area contributed by atoms with Crippen LogP contribution in [-0.4, -0.2) is 77.8 Å². The van der Waals surface area contributed by atoms with Gasteiger partial charge in [-0.25, -0.2) is 24.3 Å². The van der Waals surface area contributed by atoms with E-state index in [1.165, 1.54) is 0 Å². The van der Waals surface area contributed by atoms with Gasteiger partial charge in [0.05, 0.1) is 6.10 Å². The lowest BCUT2D eigenvalue weighted by atomic mass is 9.56. The predicted molar refractivity (Wildman–Crippen MR) is 171 cm³/mol. The Labute approximate surface area is 286 Å². The fourth-order valence-corrected chi connectivity index (χ4v) is 11.8. The van der Waals surface area contributed by atoms with E-state index in [-0.39, 0.29) is 47.7 Å². The molecule has 0 aromatic carbocycles. The van der Waals surface area contributed by atoms with Crippen molar-refractivity contribution in [3.05, 3.63) is 0 Å². The monoisotopic (exact) mass is 677 g/mol. The van der Waals surface area contributed by atoms with Crippen molar-refractivity contribution in [1.29, 1.82) is 0 Å². The SMILES string of the molecule is CCN(CC)C(=O)O[C@@H](CC1O[C@@H]2O[C@]3(C)CC[C@H]4[C@H](C)CC[C@@H]([C@H]1C)[C@@]24OO3)C1O[C@@H]2O[C@]3(C)CC[C@H]4[C@H](C)CC[C@@H]([C@H]1C)[C@@]24OO3. The molecule has 10 aliphatic rings. The molecule has 0 aromatic heterocycles. The number of rotatable bonds is 6. The van der Waals surface area contributed by atoms with Crippen molar-refractivity contribution in [3.63, 3.8) is 0 Å². The first-order valence-electron chi connectivity index (χ1n) is 19.2. The number of fused-ring (bicyclic) bond motifs is 4. The zero-order chi connectivity index (χ0) is 33.8. The molecule has 2 saturated carbocycles. The minimum atomic E-state index is -0.881. The summed E-state index contributed by atoms with van der Waals surface area (Å²) in [5, 5.41) is 0. The van der Waals surface area contributed by atoms with Crippen LogP contribution in [-0.2, 0) is 43.2 Å². The predicted octanol–water partition coefficient (Wildman–Crippen LogP) is 6.72. The molecule has 10 rings (SSSR count). The number of nitrogens with zero attached hydrogens (tertiary/aromatic N) is 1. The molecule has 2 aliphatic carbocycles. The van der Waals surface area contributed by atoms with Crippen molar-refractivity contribution < 1.29 is 48.0 Å². The molecular formula is C37H59NO10. The quantitative estimate of drug-likeness (QED) is 0.282. The molecule has 4 bridgehead atoms. The number of carbonyl (C=O) groups is 1. The minimum Gasteiger partial charge on any atom is -0.443 e. The molecule has 0 N–H and O–H groups in total. The van der Waals surface area contributed by atoms with Crippen LogP contribution in [0.15, 0.2) is 0 Å². The molecule has 11 heteroatoms. The van der Waals surface area contributed by atoms with Crippen LogP contribution in [0.1, 0.15) is 113 Å². The average Bonchev–Trinajstić information content (AvgIpc) is 3.43. The molecule has 0 radical (unpaired) electrons. The van der Waals surface area contributed by atoms with Gasteiger partial charge in [0.2, 0.25) is 11.6 Å². The summed E-state index contributed by atoms with van der Waals surface area (Å²) in [5.74, 6) is 0.216. The first-order chi connectivity index (χ1) is 22.9. The molecule has 11 nitrogen and oxygen atoms in total. The molecule has 8 heterocycles. The highest BCUT2D eigenvalue weighted by Crippen LogP contribution is 2.63. The molecule has 10 fully saturated rings. The Morgan fingerprint density at radius 2 is 1.23 bits per heavy atom. The van der Waals surface area contributed by atoms with E-state index in [0.717, 1.165) is 51.4 Å². The van der Waals surface area contributed by atoms with E-state index in [0.29, 0.717) is 31.3 Å². The van der Waals surface area contributed by atoms with Crippen LogP contribution >= 0.6 is 0 Å². The standard InChI is InChI=1S/C37H59NO10/c1-9-38(10-2)33(39)41-29(30-23(6)27-14-12-21(4)25-16-18-35(8)44-32(42-30)37(25,27)48-46-35)19-28-22(5)26-13-11-20(3)24-15-17-34(7)43-31(40-28)36(24,26)47-45-34/h20-32H,9-19H2,1-8H3/t20-,21-,22-,23-,24+,25+,26+,27+,28?,29+,30?,31-,32-,34+,35+,36-,37-/m1/s1. The molecular weight excluding hydrogens is 618 g/mol. The van der Waals surface area contributed by atoms with Crippen LogP contribution in [0.25, 0.3) is 0 Å². The van der Waals surface area contributed by atoms with Crippen molar-refractivity contribution in [3.8, 4) is 0 Å². The second-order valence-corrected chi connectivity index (χ2v) is 17.1. The van der Waals surface area contributed by atoms with Crippen molar-refractivity contribution in [2.45, 2.75) is 167 Å². The molecule has 17 atom stereocenters. The van der Waals surface area contributed by atoms with Gasteiger partial charge in [0.25, 0.3) is 0 Å². The van der Waals surface area contributed by atoms with Crippen molar-refractivity contribution in [1.82, 2.24) is 4.90 Å². The van der Waals surface area contributed by atoms with Crippen molar-refractivity contribution in [2.75, 3.05) is 13.1 Å². The minimum absolute atomic E-state index is 0.0198. The van der Waals surface area contributed by atoms with Crippen LogP contribution < -0.4 is 0 Å². The first-order valence-corrected chi connectivity index (χ1v) is 19.2. The highest BCUT2D eigenvalue weighted by Gasteiger charge is 2.72. The van der Waals surface area contributed by atoms with Crippen LogP contribution in [0.5, 0.6) is 0 Å². The number of amides is 1. The van der Waals surface area contributed by atoms with Gasteiger partial charge in [0.15, 0.2) is 23.8 Å². The van der Waals surface area contributed by atoms with Crippen LogP contribution in [0.3, 0.4) is 0 Å². The van der Waals surface area contributed by atoms with Crippen LogP contribution in [0, 0.1) is 47.3 Å². The summed E-state index contributed by atoms with van der Waals surface area (Å²) in [6.07, 6.45) is 5.43. The second-order valence-electron chi connectivity index (χ2n) is 17.1. The molecule has 48 heavy (non-hydrogen) atoms. The summed E-state index contributed by atoms with van der Waals surface area (Å²) in [7, 11) is 0. The Morgan fingerprint density at radius 1 is 0.708 bits per heavy atom. The Morgan fingerprint density at radius 3 is 1.77 bits per heavy atom. The van der Waals surface area contributed by atoms with E-state index in [9.17, 15) is 4.79 Å². The third-order valence-electron chi connectivity index (χ3n) is 14.6. The maximum atomic E-state index is 13.8. The molecule has 272 valence electrons. The van der Waals surface area contributed by atoms with Gasteiger partial charge < -0.3 is 28.6 Å². The zero-order valence-corrected chi connectivity index (χ0v) is 30.3. The smallest absolute Gasteiger partial charge is 0.410 e. The number of ether oxygens (including phenoxy) is 5. The van der Waals surface area contributed by atoms with E-state index in [1.807, 2.05) is 27.7 Å². The highest BCUT2D eigenvalue weighted by molar-refractivity contribution is 5.67. The number of hydrogen-bond donors (Lipinski definition) is 0. The van der Waals surface area contributed by atoms with E-state index in [4.69, 9.17) is 43.2 Å². The zero-order valence-electron chi connectivity index (χ0n) is 30.3. The summed E-state index contributed by atoms with van der Waals surface area (Å²) >= 11 is 0. The van der Waals surface area contributed by atoms with Crippen molar-refractivity contribution in [2.24, 2.45) is 47.3 Å². The maximum absolute atomic E-state index is 13.8. The average molecular weight is 678 g/mol. The normalized spacial score (nSPS) is 54.3. The summed E-state index contributed by atoms with van der Waals surface area (Å²) < 4.78 is 34.0. The lowest BCUT2D eigenvalue weighted by Crippen LogP contribution is -2.72. The third kappa shape index (κ3) is 4.91. The fourth-order valence-electron chi connectivity index (χ4n) is 11.8. The Hall–Kier alpha value is -1.05. The number of hydrogen-bond acceptors (Lipinski definition) is 10. The second kappa shape index (κ2) is 12.0. The molecule has 2 unspecified atom stereocenters. The summed E-state index contributed by atoms with van der Waals surface area (Å²) in [6.45, 7) is 18.2. The highest BCUT2D eigenvalue weighted by atomic mass is 17.3. The van der Waals surface area contributed by atoms with E-state index < -0.39 is 47.6 Å². The first kappa shape index (κ1) is 34.1. The Balaban J connectivity index is 1.13. The fraction of sp³-hybridized carbons (Fsp3) is 0.973. The lowest BCUT2D eigenvalue weighted by molar-refractivity contribution is -0.573. The van der Waals surface area contributed by atoms with Gasteiger partial charge in [0, 0.05) is 44.2 Å². The Kier molecular flexibility index (Phi) is 8.52. The molecule has 0 aromatic rings. The lowest BCUT2D eigenvalue weighted by Gasteiger charge is -2.62. The summed E-state index contributed by atoms with van der Waals surface area (Å²) in [4.78, 5) is 40.5. The van der Waals surface area contributed by atoms with E-state index >= 15 is 0 Å². The van der Waals surface area contributed by atoms with Crippen molar-refractivity contribution >= 4 is 6.09 Å². The molecule has 8 saturated heterocycles. The van der Waals surface area contributed by atoms with Gasteiger partial charge in [-0.3, -0.25) is 0 Å². The number of carbonyl (C=O) groups excluding carboxylic acids is 1. The van der Waals surface area contributed by atoms with E-state index in [2.05, 4.69) is 27.7 Å². The van der Waals surface area contributed by atoms with Crippen LogP contribution in [0.4, 0.5) is 4.79 Å². The molecule has 2 spiro atoms.